The SMILES string of the molecule is CCOC(=O)C(CC(C)(C)C)C(CC(C)(C)C)C(=O)O. The number of hydrogen-bond acceptors (Lipinski definition) is 3. The minimum atomic E-state index is -0.915. The Morgan fingerprint density at radius 3 is 1.65 bits per heavy atom. The van der Waals surface area contributed by atoms with Crippen LogP contribution in [-0.2, 0) is 14.3 Å². The summed E-state index contributed by atoms with van der Waals surface area (Å²) in [5.41, 5.74) is -0.269. The number of hydrogen-bond donors (Lipinski definition) is 1. The molecule has 20 heavy (non-hydrogen) atoms. The zero-order valence-electron chi connectivity index (χ0n) is 13.9. The predicted molar refractivity (Wildman–Crippen MR) is 79.4 cm³/mol. The zero-order chi connectivity index (χ0) is 16.1. The summed E-state index contributed by atoms with van der Waals surface area (Å²) in [6, 6.07) is 0. The standard InChI is InChI=1S/C16H30O4/c1-8-20-14(19)12(10-16(5,6)7)11(13(17)18)9-15(2,3)4/h11-12H,8-10H2,1-7H3,(H,17,18). The van der Waals surface area contributed by atoms with Crippen LogP contribution in [0.25, 0.3) is 0 Å². The number of carboxylic acid groups (broad SMARTS) is 1. The van der Waals surface area contributed by atoms with E-state index in [4.69, 9.17) is 4.74 Å². The van der Waals surface area contributed by atoms with E-state index >= 15 is 0 Å². The maximum absolute atomic E-state index is 12.2. The third-order valence-corrected chi connectivity index (χ3v) is 3.06. The Kier molecular flexibility index (Phi) is 6.72. The van der Waals surface area contributed by atoms with E-state index in [1.54, 1.807) is 6.92 Å². The van der Waals surface area contributed by atoms with E-state index in [2.05, 4.69) is 0 Å². The summed E-state index contributed by atoms with van der Waals surface area (Å²) in [4.78, 5) is 23.8. The third kappa shape index (κ3) is 7.51. The Balaban J connectivity index is 5.30. The van der Waals surface area contributed by atoms with Crippen LogP contribution in [-0.4, -0.2) is 23.7 Å². The molecule has 118 valence electrons. The van der Waals surface area contributed by atoms with E-state index in [-0.39, 0.29) is 23.4 Å². The Morgan fingerprint density at radius 2 is 1.35 bits per heavy atom. The first-order chi connectivity index (χ1) is 8.87. The van der Waals surface area contributed by atoms with Gasteiger partial charge in [0, 0.05) is 0 Å². The smallest absolute Gasteiger partial charge is 0.309 e. The molecule has 0 aromatic heterocycles. The summed E-state index contributed by atoms with van der Waals surface area (Å²) in [7, 11) is 0. The Bertz CT molecular complexity index is 333. The summed E-state index contributed by atoms with van der Waals surface area (Å²) in [6.45, 7) is 14.0. The van der Waals surface area contributed by atoms with Gasteiger partial charge in [-0.3, -0.25) is 9.59 Å². The average molecular weight is 286 g/mol. The number of carbonyl (C=O) groups is 2. The molecule has 4 heteroatoms. The molecule has 2 atom stereocenters. The summed E-state index contributed by atoms with van der Waals surface area (Å²) in [5, 5.41) is 9.51. The van der Waals surface area contributed by atoms with Crippen LogP contribution in [0.15, 0.2) is 0 Å². The van der Waals surface area contributed by atoms with Crippen molar-refractivity contribution in [3.63, 3.8) is 0 Å². The Morgan fingerprint density at radius 1 is 0.950 bits per heavy atom. The second-order valence-electron chi connectivity index (χ2n) is 7.83. The highest BCUT2D eigenvalue weighted by molar-refractivity contribution is 5.81. The predicted octanol–water partition coefficient (Wildman–Crippen LogP) is 3.74. The van der Waals surface area contributed by atoms with E-state index in [1.165, 1.54) is 0 Å². The lowest BCUT2D eigenvalue weighted by Crippen LogP contribution is -2.36. The molecule has 0 aromatic rings. The van der Waals surface area contributed by atoms with Gasteiger partial charge in [0.1, 0.15) is 0 Å². The first kappa shape index (κ1) is 18.9. The molecule has 4 nitrogen and oxygen atoms in total. The summed E-state index contributed by atoms with van der Waals surface area (Å²) in [6.07, 6.45) is 0.973. The zero-order valence-corrected chi connectivity index (χ0v) is 13.9. The molecule has 0 aliphatic rings. The molecule has 0 spiro atoms. The third-order valence-electron chi connectivity index (χ3n) is 3.06. The minimum absolute atomic E-state index is 0.122. The molecule has 0 aromatic carbocycles. The normalized spacial score (nSPS) is 15.6. The molecule has 1 N–H and O–H groups in total. The van der Waals surface area contributed by atoms with E-state index in [0.717, 1.165) is 0 Å². The number of rotatable bonds is 6. The Hall–Kier alpha value is -1.06. The number of esters is 1. The number of aliphatic carboxylic acids is 1. The van der Waals surface area contributed by atoms with Crippen molar-refractivity contribution in [3.05, 3.63) is 0 Å². The van der Waals surface area contributed by atoms with Crippen molar-refractivity contribution in [2.24, 2.45) is 22.7 Å². The van der Waals surface area contributed by atoms with Crippen molar-refractivity contribution >= 4 is 11.9 Å². The van der Waals surface area contributed by atoms with Gasteiger partial charge in [0.25, 0.3) is 0 Å². The first-order valence-electron chi connectivity index (χ1n) is 7.27. The van der Waals surface area contributed by atoms with Gasteiger partial charge in [0.2, 0.25) is 0 Å². The van der Waals surface area contributed by atoms with Crippen molar-refractivity contribution in [1.29, 1.82) is 0 Å². The van der Waals surface area contributed by atoms with E-state index in [9.17, 15) is 14.7 Å². The monoisotopic (exact) mass is 286 g/mol. The molecule has 0 bridgehead atoms. The van der Waals surface area contributed by atoms with Crippen LogP contribution in [0.4, 0.5) is 0 Å². The molecule has 0 saturated carbocycles. The number of ether oxygens (including phenoxy) is 1. The van der Waals surface area contributed by atoms with Gasteiger partial charge in [0.05, 0.1) is 18.4 Å². The van der Waals surface area contributed by atoms with Crippen molar-refractivity contribution < 1.29 is 19.4 Å². The van der Waals surface area contributed by atoms with Gasteiger partial charge in [-0.1, -0.05) is 41.5 Å². The first-order valence-corrected chi connectivity index (χ1v) is 7.27. The molecule has 2 unspecified atom stereocenters. The molecule has 0 radical (unpaired) electrons. The topological polar surface area (TPSA) is 63.6 Å². The second-order valence-corrected chi connectivity index (χ2v) is 7.83. The fraction of sp³-hybridized carbons (Fsp3) is 0.875. The fourth-order valence-electron chi connectivity index (χ4n) is 2.36. The molecule has 0 fully saturated rings. The highest BCUT2D eigenvalue weighted by atomic mass is 16.5. The van der Waals surface area contributed by atoms with Crippen LogP contribution in [0.2, 0.25) is 0 Å². The van der Waals surface area contributed by atoms with Gasteiger partial charge in [0.15, 0.2) is 0 Å². The van der Waals surface area contributed by atoms with Gasteiger partial charge in [-0.25, -0.2) is 0 Å². The van der Waals surface area contributed by atoms with Crippen molar-refractivity contribution in [3.8, 4) is 0 Å². The lowest BCUT2D eigenvalue weighted by atomic mass is 9.73. The highest BCUT2D eigenvalue weighted by Crippen LogP contribution is 2.36. The molecule has 0 rings (SSSR count). The van der Waals surface area contributed by atoms with Gasteiger partial charge in [-0.15, -0.1) is 0 Å². The largest absolute Gasteiger partial charge is 0.481 e. The molecule has 0 amide bonds. The molecular weight excluding hydrogens is 256 g/mol. The van der Waals surface area contributed by atoms with Gasteiger partial charge < -0.3 is 9.84 Å². The molecule has 0 aliphatic heterocycles. The van der Waals surface area contributed by atoms with Crippen LogP contribution in [0, 0.1) is 22.7 Å². The molecule has 0 aliphatic carbocycles. The summed E-state index contributed by atoms with van der Waals surface area (Å²) >= 11 is 0. The lowest BCUT2D eigenvalue weighted by molar-refractivity contribution is -0.160. The molecule has 0 saturated heterocycles. The molecule has 0 heterocycles. The number of carbonyl (C=O) groups excluding carboxylic acids is 1. The average Bonchev–Trinajstić information content (AvgIpc) is 2.20. The lowest BCUT2D eigenvalue weighted by Gasteiger charge is -2.32. The van der Waals surface area contributed by atoms with E-state index in [1.807, 2.05) is 41.5 Å². The van der Waals surface area contributed by atoms with E-state index < -0.39 is 17.8 Å². The van der Waals surface area contributed by atoms with Gasteiger partial charge in [-0.05, 0) is 30.6 Å². The fourth-order valence-corrected chi connectivity index (χ4v) is 2.36. The van der Waals surface area contributed by atoms with Crippen molar-refractivity contribution in [2.75, 3.05) is 6.61 Å². The van der Waals surface area contributed by atoms with Crippen LogP contribution < -0.4 is 0 Å². The maximum Gasteiger partial charge on any atom is 0.309 e. The highest BCUT2D eigenvalue weighted by Gasteiger charge is 2.39. The number of carboxylic acids is 1. The van der Waals surface area contributed by atoms with E-state index in [0.29, 0.717) is 12.8 Å². The Labute approximate surface area is 122 Å². The van der Waals surface area contributed by atoms with Gasteiger partial charge in [-0.2, -0.15) is 0 Å². The molecular formula is C16H30O4. The van der Waals surface area contributed by atoms with Gasteiger partial charge >= 0.3 is 11.9 Å². The van der Waals surface area contributed by atoms with Crippen molar-refractivity contribution in [2.45, 2.75) is 61.3 Å². The minimum Gasteiger partial charge on any atom is -0.481 e. The summed E-state index contributed by atoms with van der Waals surface area (Å²) < 4.78 is 5.09. The van der Waals surface area contributed by atoms with Crippen LogP contribution in [0.3, 0.4) is 0 Å². The quantitative estimate of drug-likeness (QED) is 0.755. The maximum atomic E-state index is 12.2. The van der Waals surface area contributed by atoms with Crippen LogP contribution >= 0.6 is 0 Å². The van der Waals surface area contributed by atoms with Crippen molar-refractivity contribution in [1.82, 2.24) is 0 Å². The second kappa shape index (κ2) is 7.09. The van der Waals surface area contributed by atoms with Crippen LogP contribution in [0.1, 0.15) is 61.3 Å². The van der Waals surface area contributed by atoms with Crippen LogP contribution in [0.5, 0.6) is 0 Å². The summed E-state index contributed by atoms with van der Waals surface area (Å²) in [5.74, 6) is -2.60.